The molecule has 3 fully saturated rings. The first kappa shape index (κ1) is 14.7. The lowest BCUT2D eigenvalue weighted by atomic mass is 9.65. The second-order valence-electron chi connectivity index (χ2n) is 6.88. The Hall–Kier alpha value is -1.26. The standard InChI is InChI=1S/C16H28N4O/c1-13(21)19-8-10-20(11-9-19)15(17-2)18-12-16(6-3-7-16)14-4-5-14/h14H,3-12H2,1-2H3,(H,17,18). The minimum absolute atomic E-state index is 0.180. The Morgan fingerprint density at radius 1 is 1.19 bits per heavy atom. The van der Waals surface area contributed by atoms with E-state index in [2.05, 4.69) is 15.2 Å². The van der Waals surface area contributed by atoms with Crippen LogP contribution in [0.2, 0.25) is 0 Å². The van der Waals surface area contributed by atoms with E-state index in [1.807, 2.05) is 11.9 Å². The molecular formula is C16H28N4O. The molecule has 1 N–H and O–H groups in total. The Balaban J connectivity index is 1.51. The molecule has 0 atom stereocenters. The number of carbonyl (C=O) groups is 1. The number of nitrogens with zero attached hydrogens (tertiary/aromatic N) is 3. The van der Waals surface area contributed by atoms with Gasteiger partial charge in [0.2, 0.25) is 5.91 Å². The normalized spacial score (nSPS) is 25.5. The molecule has 0 bridgehead atoms. The average Bonchev–Trinajstić information content (AvgIpc) is 3.27. The third kappa shape index (κ3) is 3.01. The predicted octanol–water partition coefficient (Wildman–Crippen LogP) is 1.31. The van der Waals surface area contributed by atoms with Crippen molar-refractivity contribution in [2.24, 2.45) is 16.3 Å². The molecule has 0 aromatic heterocycles. The van der Waals surface area contributed by atoms with Gasteiger partial charge in [0.15, 0.2) is 5.96 Å². The highest BCUT2D eigenvalue weighted by molar-refractivity contribution is 5.80. The van der Waals surface area contributed by atoms with Gasteiger partial charge >= 0.3 is 0 Å². The summed E-state index contributed by atoms with van der Waals surface area (Å²) in [6.45, 7) is 6.12. The van der Waals surface area contributed by atoms with Gasteiger partial charge in [-0.15, -0.1) is 0 Å². The minimum Gasteiger partial charge on any atom is -0.356 e. The first-order chi connectivity index (χ1) is 10.1. The van der Waals surface area contributed by atoms with Gasteiger partial charge in [0.05, 0.1) is 0 Å². The van der Waals surface area contributed by atoms with E-state index in [0.29, 0.717) is 5.41 Å². The molecule has 2 aliphatic carbocycles. The van der Waals surface area contributed by atoms with Crippen molar-refractivity contribution in [3.63, 3.8) is 0 Å². The van der Waals surface area contributed by atoms with Gasteiger partial charge in [-0.1, -0.05) is 6.42 Å². The molecule has 1 aliphatic heterocycles. The number of hydrogen-bond donors (Lipinski definition) is 1. The van der Waals surface area contributed by atoms with Crippen LogP contribution in [-0.2, 0) is 4.79 Å². The Kier molecular flexibility index (Phi) is 4.09. The Bertz CT molecular complexity index is 418. The van der Waals surface area contributed by atoms with Crippen molar-refractivity contribution >= 4 is 11.9 Å². The van der Waals surface area contributed by atoms with Gasteiger partial charge in [-0.25, -0.2) is 0 Å². The summed E-state index contributed by atoms with van der Waals surface area (Å²) in [6, 6.07) is 0. The van der Waals surface area contributed by atoms with Crippen molar-refractivity contribution in [2.75, 3.05) is 39.8 Å². The van der Waals surface area contributed by atoms with Crippen LogP contribution in [0.4, 0.5) is 0 Å². The molecule has 118 valence electrons. The number of nitrogens with one attached hydrogen (secondary N) is 1. The molecule has 0 unspecified atom stereocenters. The number of piperazine rings is 1. The zero-order valence-electron chi connectivity index (χ0n) is 13.4. The summed E-state index contributed by atoms with van der Waals surface area (Å²) in [6.07, 6.45) is 7.03. The fourth-order valence-electron chi connectivity index (χ4n) is 3.88. The van der Waals surface area contributed by atoms with E-state index < -0.39 is 0 Å². The third-order valence-electron chi connectivity index (χ3n) is 5.63. The zero-order valence-corrected chi connectivity index (χ0v) is 13.4. The van der Waals surface area contributed by atoms with E-state index in [1.165, 1.54) is 32.1 Å². The van der Waals surface area contributed by atoms with Gasteiger partial charge in [-0.2, -0.15) is 0 Å². The van der Waals surface area contributed by atoms with E-state index in [-0.39, 0.29) is 5.91 Å². The molecule has 5 nitrogen and oxygen atoms in total. The van der Waals surface area contributed by atoms with E-state index in [1.54, 1.807) is 6.92 Å². The van der Waals surface area contributed by atoms with Crippen molar-refractivity contribution in [1.82, 2.24) is 15.1 Å². The van der Waals surface area contributed by atoms with Crippen molar-refractivity contribution in [1.29, 1.82) is 0 Å². The van der Waals surface area contributed by atoms with Crippen LogP contribution in [0.15, 0.2) is 4.99 Å². The van der Waals surface area contributed by atoms with Gasteiger partial charge in [0, 0.05) is 46.7 Å². The van der Waals surface area contributed by atoms with Crippen molar-refractivity contribution in [2.45, 2.75) is 39.0 Å². The summed E-state index contributed by atoms with van der Waals surface area (Å²) in [5, 5.41) is 3.62. The molecular weight excluding hydrogens is 264 g/mol. The molecule has 3 rings (SSSR count). The molecule has 3 aliphatic rings. The second kappa shape index (κ2) is 5.85. The maximum Gasteiger partial charge on any atom is 0.219 e. The summed E-state index contributed by atoms with van der Waals surface area (Å²) in [7, 11) is 1.87. The average molecular weight is 292 g/mol. The van der Waals surface area contributed by atoms with Crippen LogP contribution >= 0.6 is 0 Å². The quantitative estimate of drug-likeness (QED) is 0.630. The van der Waals surface area contributed by atoms with Crippen LogP contribution in [0.5, 0.6) is 0 Å². The second-order valence-corrected chi connectivity index (χ2v) is 6.88. The van der Waals surface area contributed by atoms with Crippen molar-refractivity contribution < 1.29 is 4.79 Å². The van der Waals surface area contributed by atoms with Gasteiger partial charge in [0.25, 0.3) is 0 Å². The Morgan fingerprint density at radius 2 is 1.81 bits per heavy atom. The van der Waals surface area contributed by atoms with E-state index in [4.69, 9.17) is 0 Å². The van der Waals surface area contributed by atoms with E-state index in [0.717, 1.165) is 44.6 Å². The Morgan fingerprint density at radius 3 is 2.24 bits per heavy atom. The summed E-state index contributed by atoms with van der Waals surface area (Å²) < 4.78 is 0. The van der Waals surface area contributed by atoms with Gasteiger partial charge in [-0.3, -0.25) is 9.79 Å². The molecule has 0 spiro atoms. The first-order valence-corrected chi connectivity index (χ1v) is 8.36. The number of aliphatic imine (C=N–C) groups is 1. The van der Waals surface area contributed by atoms with Crippen LogP contribution < -0.4 is 5.32 Å². The first-order valence-electron chi connectivity index (χ1n) is 8.36. The maximum absolute atomic E-state index is 11.4. The summed E-state index contributed by atoms with van der Waals surface area (Å²) in [4.78, 5) is 20.1. The SMILES string of the molecule is CN=C(NCC1(C2CC2)CCC1)N1CCN(C(C)=O)CC1. The fourth-order valence-corrected chi connectivity index (χ4v) is 3.88. The largest absolute Gasteiger partial charge is 0.356 e. The number of guanidine groups is 1. The fraction of sp³-hybridized carbons (Fsp3) is 0.875. The third-order valence-corrected chi connectivity index (χ3v) is 5.63. The Labute approximate surface area is 127 Å². The van der Waals surface area contributed by atoms with Crippen LogP contribution in [0.25, 0.3) is 0 Å². The zero-order chi connectivity index (χ0) is 14.9. The summed E-state index contributed by atoms with van der Waals surface area (Å²) in [5.74, 6) is 2.16. The highest BCUT2D eigenvalue weighted by atomic mass is 16.2. The van der Waals surface area contributed by atoms with Gasteiger partial charge in [-0.05, 0) is 37.0 Å². The molecule has 1 heterocycles. The highest BCUT2D eigenvalue weighted by Gasteiger charge is 2.48. The number of carbonyl (C=O) groups excluding carboxylic acids is 1. The molecule has 2 saturated carbocycles. The van der Waals surface area contributed by atoms with Crippen LogP contribution in [0.3, 0.4) is 0 Å². The lowest BCUT2D eigenvalue weighted by molar-refractivity contribution is -0.130. The van der Waals surface area contributed by atoms with Crippen molar-refractivity contribution in [3.05, 3.63) is 0 Å². The summed E-state index contributed by atoms with van der Waals surface area (Å²) in [5.41, 5.74) is 0.567. The van der Waals surface area contributed by atoms with E-state index in [9.17, 15) is 4.79 Å². The number of rotatable bonds is 3. The maximum atomic E-state index is 11.4. The topological polar surface area (TPSA) is 47.9 Å². The van der Waals surface area contributed by atoms with Crippen LogP contribution in [0, 0.1) is 11.3 Å². The smallest absolute Gasteiger partial charge is 0.219 e. The lowest BCUT2D eigenvalue weighted by Gasteiger charge is -2.44. The molecule has 1 saturated heterocycles. The molecule has 0 aromatic rings. The van der Waals surface area contributed by atoms with Crippen LogP contribution in [-0.4, -0.2) is 61.4 Å². The van der Waals surface area contributed by atoms with Crippen LogP contribution in [0.1, 0.15) is 39.0 Å². The summed E-state index contributed by atoms with van der Waals surface area (Å²) >= 11 is 0. The lowest BCUT2D eigenvalue weighted by Crippen LogP contribution is -2.55. The highest BCUT2D eigenvalue weighted by Crippen LogP contribution is 2.56. The van der Waals surface area contributed by atoms with Gasteiger partial charge in [0.1, 0.15) is 0 Å². The molecule has 0 radical (unpaired) electrons. The number of hydrogen-bond acceptors (Lipinski definition) is 2. The monoisotopic (exact) mass is 292 g/mol. The molecule has 5 heteroatoms. The number of amides is 1. The van der Waals surface area contributed by atoms with Gasteiger partial charge < -0.3 is 15.1 Å². The van der Waals surface area contributed by atoms with E-state index >= 15 is 0 Å². The molecule has 0 aromatic carbocycles. The molecule has 21 heavy (non-hydrogen) atoms. The van der Waals surface area contributed by atoms with Crippen molar-refractivity contribution in [3.8, 4) is 0 Å². The minimum atomic E-state index is 0.180. The predicted molar refractivity (Wildman–Crippen MR) is 84.2 cm³/mol. The molecule has 1 amide bonds.